The molecule has 1 atom stereocenters. The number of nitrogens with one attached hydrogen (secondary N) is 2. The molecule has 25 heavy (non-hydrogen) atoms. The molecule has 1 amide bonds. The maximum Gasteiger partial charge on any atom is 0.246 e. The molecule has 2 N–H and O–H groups in total. The van der Waals surface area contributed by atoms with Gasteiger partial charge in [0.25, 0.3) is 0 Å². The van der Waals surface area contributed by atoms with Crippen LogP contribution in [0.4, 0.5) is 11.4 Å². The zero-order valence-corrected chi connectivity index (χ0v) is 14.3. The molecular weight excluding hydrogens is 318 g/mol. The van der Waals surface area contributed by atoms with Crippen molar-refractivity contribution in [2.45, 2.75) is 13.0 Å². The van der Waals surface area contributed by atoms with E-state index in [4.69, 9.17) is 14.7 Å². The maximum atomic E-state index is 12.4. The van der Waals surface area contributed by atoms with Crippen molar-refractivity contribution in [2.24, 2.45) is 0 Å². The number of nitrogens with zero attached hydrogens (tertiary/aromatic N) is 1. The number of ether oxygens (including phenoxy) is 2. The molecule has 0 fully saturated rings. The van der Waals surface area contributed by atoms with E-state index in [-0.39, 0.29) is 5.91 Å². The maximum absolute atomic E-state index is 12.4. The number of anilines is 2. The Bertz CT molecular complexity index is 756. The highest BCUT2D eigenvalue weighted by molar-refractivity contribution is 5.97. The van der Waals surface area contributed by atoms with E-state index in [0.717, 1.165) is 5.69 Å². The predicted octanol–water partition coefficient (Wildman–Crippen LogP) is 3.02. The van der Waals surface area contributed by atoms with E-state index in [1.165, 1.54) is 0 Å². The molecule has 0 aliphatic rings. The summed E-state index contributed by atoms with van der Waals surface area (Å²) >= 11 is 0. The van der Waals surface area contributed by atoms with Crippen LogP contribution >= 0.6 is 0 Å². The average molecular weight is 339 g/mol. The highest BCUT2D eigenvalue weighted by Crippen LogP contribution is 2.24. The lowest BCUT2D eigenvalue weighted by Gasteiger charge is -2.18. The summed E-state index contributed by atoms with van der Waals surface area (Å²) in [7, 11) is 1.61. The molecule has 0 saturated heterocycles. The molecule has 2 rings (SSSR count). The van der Waals surface area contributed by atoms with E-state index in [1.807, 2.05) is 24.3 Å². The molecule has 1 unspecified atom stereocenters. The SMILES string of the molecule is COCCOc1ccccc1NC(C)C(=O)Nc1ccccc1C#N. The second-order valence-electron chi connectivity index (χ2n) is 5.35. The third-order valence-corrected chi connectivity index (χ3v) is 3.50. The van der Waals surface area contributed by atoms with Crippen LogP contribution in [0.15, 0.2) is 48.5 Å². The first-order valence-electron chi connectivity index (χ1n) is 7.93. The van der Waals surface area contributed by atoms with Gasteiger partial charge in [-0.2, -0.15) is 5.26 Å². The van der Waals surface area contributed by atoms with Crippen molar-refractivity contribution in [2.75, 3.05) is 31.0 Å². The summed E-state index contributed by atoms with van der Waals surface area (Å²) in [5, 5.41) is 15.0. The van der Waals surface area contributed by atoms with E-state index in [0.29, 0.717) is 30.2 Å². The predicted molar refractivity (Wildman–Crippen MR) is 96.7 cm³/mol. The van der Waals surface area contributed by atoms with Crippen LogP contribution in [-0.4, -0.2) is 32.3 Å². The van der Waals surface area contributed by atoms with Gasteiger partial charge in [0.15, 0.2) is 0 Å². The van der Waals surface area contributed by atoms with Gasteiger partial charge in [-0.05, 0) is 31.2 Å². The standard InChI is InChI=1S/C19H21N3O3/c1-14(19(23)22-16-8-4-3-7-15(16)13-20)21-17-9-5-6-10-18(17)25-12-11-24-2/h3-10,14,21H,11-12H2,1-2H3,(H,22,23). The van der Waals surface area contributed by atoms with Crippen LogP contribution in [0.1, 0.15) is 12.5 Å². The molecule has 2 aromatic carbocycles. The van der Waals surface area contributed by atoms with Crippen molar-refractivity contribution in [1.29, 1.82) is 5.26 Å². The smallest absolute Gasteiger partial charge is 0.246 e. The van der Waals surface area contributed by atoms with E-state index in [9.17, 15) is 4.79 Å². The third kappa shape index (κ3) is 5.23. The Balaban J connectivity index is 2.03. The van der Waals surface area contributed by atoms with Crippen molar-refractivity contribution in [1.82, 2.24) is 0 Å². The van der Waals surface area contributed by atoms with Gasteiger partial charge in [-0.25, -0.2) is 0 Å². The number of carbonyl (C=O) groups excluding carboxylic acids is 1. The lowest BCUT2D eigenvalue weighted by atomic mass is 10.2. The van der Waals surface area contributed by atoms with Gasteiger partial charge in [-0.1, -0.05) is 24.3 Å². The van der Waals surface area contributed by atoms with Gasteiger partial charge < -0.3 is 20.1 Å². The number of hydrogen-bond acceptors (Lipinski definition) is 5. The number of amides is 1. The average Bonchev–Trinajstić information content (AvgIpc) is 2.63. The normalized spacial score (nSPS) is 11.2. The fraction of sp³-hybridized carbons (Fsp3) is 0.263. The van der Waals surface area contributed by atoms with E-state index in [1.54, 1.807) is 38.3 Å². The van der Waals surface area contributed by atoms with Gasteiger partial charge in [0.1, 0.15) is 24.5 Å². The minimum absolute atomic E-state index is 0.241. The number of rotatable bonds is 8. The first kappa shape index (κ1) is 18.3. The first-order chi connectivity index (χ1) is 12.2. The second-order valence-corrected chi connectivity index (χ2v) is 5.35. The van der Waals surface area contributed by atoms with Crippen LogP contribution in [-0.2, 0) is 9.53 Å². The zero-order chi connectivity index (χ0) is 18.1. The molecule has 2 aromatic rings. The van der Waals surface area contributed by atoms with Gasteiger partial charge in [0.2, 0.25) is 5.91 Å². The topological polar surface area (TPSA) is 83.4 Å². The molecule has 0 bridgehead atoms. The lowest BCUT2D eigenvalue weighted by Crippen LogP contribution is -2.32. The van der Waals surface area contributed by atoms with Crippen molar-refractivity contribution < 1.29 is 14.3 Å². The van der Waals surface area contributed by atoms with Crippen molar-refractivity contribution in [3.63, 3.8) is 0 Å². The summed E-state index contributed by atoms with van der Waals surface area (Å²) in [6.45, 7) is 2.65. The zero-order valence-electron chi connectivity index (χ0n) is 14.3. The Hall–Kier alpha value is -3.04. The minimum Gasteiger partial charge on any atom is -0.489 e. The molecule has 130 valence electrons. The van der Waals surface area contributed by atoms with Crippen molar-refractivity contribution in [3.8, 4) is 11.8 Å². The van der Waals surface area contributed by atoms with Gasteiger partial charge in [0.05, 0.1) is 23.5 Å². The van der Waals surface area contributed by atoms with E-state index in [2.05, 4.69) is 16.7 Å². The Labute approximate surface area is 147 Å². The van der Waals surface area contributed by atoms with Gasteiger partial charge >= 0.3 is 0 Å². The summed E-state index contributed by atoms with van der Waals surface area (Å²) < 4.78 is 10.6. The van der Waals surface area contributed by atoms with E-state index >= 15 is 0 Å². The largest absolute Gasteiger partial charge is 0.489 e. The van der Waals surface area contributed by atoms with Crippen LogP contribution in [0.5, 0.6) is 5.75 Å². The fourth-order valence-corrected chi connectivity index (χ4v) is 2.18. The number of methoxy groups -OCH3 is 1. The van der Waals surface area contributed by atoms with Crippen LogP contribution < -0.4 is 15.4 Å². The van der Waals surface area contributed by atoms with Crippen LogP contribution in [0.25, 0.3) is 0 Å². The fourth-order valence-electron chi connectivity index (χ4n) is 2.18. The molecule has 0 aromatic heterocycles. The van der Waals surface area contributed by atoms with Crippen LogP contribution in [0.3, 0.4) is 0 Å². The quantitative estimate of drug-likeness (QED) is 0.722. The molecular formula is C19H21N3O3. The Morgan fingerprint density at radius 1 is 1.12 bits per heavy atom. The monoisotopic (exact) mass is 339 g/mol. The highest BCUT2D eigenvalue weighted by Gasteiger charge is 2.16. The van der Waals surface area contributed by atoms with Gasteiger partial charge in [-0.3, -0.25) is 4.79 Å². The Kier molecular flexibility index (Phi) is 6.81. The minimum atomic E-state index is -0.515. The first-order valence-corrected chi connectivity index (χ1v) is 7.93. The molecule has 0 heterocycles. The lowest BCUT2D eigenvalue weighted by molar-refractivity contribution is -0.116. The van der Waals surface area contributed by atoms with Crippen molar-refractivity contribution in [3.05, 3.63) is 54.1 Å². The molecule has 0 radical (unpaired) electrons. The second kappa shape index (κ2) is 9.30. The molecule has 6 heteroatoms. The van der Waals surface area contributed by atoms with Gasteiger partial charge in [0, 0.05) is 7.11 Å². The molecule has 0 spiro atoms. The van der Waals surface area contributed by atoms with Crippen molar-refractivity contribution >= 4 is 17.3 Å². The van der Waals surface area contributed by atoms with Crippen LogP contribution in [0, 0.1) is 11.3 Å². The molecule has 0 saturated carbocycles. The summed E-state index contributed by atoms with van der Waals surface area (Å²) in [6, 6.07) is 15.8. The van der Waals surface area contributed by atoms with Gasteiger partial charge in [-0.15, -0.1) is 0 Å². The molecule has 0 aliphatic carbocycles. The summed E-state index contributed by atoms with van der Waals surface area (Å²) in [5.41, 5.74) is 1.63. The number of benzene rings is 2. The number of carbonyl (C=O) groups is 1. The number of para-hydroxylation sites is 3. The Morgan fingerprint density at radius 2 is 1.80 bits per heavy atom. The summed E-state index contributed by atoms with van der Waals surface area (Å²) in [4.78, 5) is 12.4. The number of nitriles is 1. The van der Waals surface area contributed by atoms with E-state index < -0.39 is 6.04 Å². The third-order valence-electron chi connectivity index (χ3n) is 3.50. The molecule has 0 aliphatic heterocycles. The summed E-state index contributed by atoms with van der Waals surface area (Å²) in [5.74, 6) is 0.408. The summed E-state index contributed by atoms with van der Waals surface area (Å²) in [6.07, 6.45) is 0. The number of hydrogen-bond donors (Lipinski definition) is 2. The Morgan fingerprint density at radius 3 is 2.52 bits per heavy atom. The van der Waals surface area contributed by atoms with Crippen LogP contribution in [0.2, 0.25) is 0 Å². The molecule has 6 nitrogen and oxygen atoms in total. The highest BCUT2D eigenvalue weighted by atomic mass is 16.5.